The van der Waals surface area contributed by atoms with Gasteiger partial charge in [-0.05, 0) is 32.9 Å². The second-order valence-electron chi connectivity index (χ2n) is 6.00. The number of carbonyl (C=O) groups excluding carboxylic acids is 2. The van der Waals surface area contributed by atoms with Crippen LogP contribution in [0, 0.1) is 0 Å². The minimum atomic E-state index is -0.528. The van der Waals surface area contributed by atoms with Crippen molar-refractivity contribution in [2.45, 2.75) is 64.1 Å². The van der Waals surface area contributed by atoms with Gasteiger partial charge in [0.2, 0.25) is 11.8 Å². The molecule has 6 nitrogen and oxygen atoms in total. The van der Waals surface area contributed by atoms with Crippen molar-refractivity contribution < 1.29 is 9.59 Å². The number of nitrogens with zero attached hydrogens (tertiary/aromatic N) is 1. The summed E-state index contributed by atoms with van der Waals surface area (Å²) in [5, 5.41) is 5.83. The van der Waals surface area contributed by atoms with Gasteiger partial charge in [-0.2, -0.15) is 0 Å². The molecule has 1 saturated heterocycles. The van der Waals surface area contributed by atoms with E-state index in [2.05, 4.69) is 15.5 Å². The number of hydrogen-bond acceptors (Lipinski definition) is 4. The van der Waals surface area contributed by atoms with E-state index in [0.29, 0.717) is 12.8 Å². The predicted molar refractivity (Wildman–Crippen MR) is 83.8 cm³/mol. The molecule has 4 N–H and O–H groups in total. The van der Waals surface area contributed by atoms with Gasteiger partial charge in [-0.15, -0.1) is 0 Å². The highest BCUT2D eigenvalue weighted by Gasteiger charge is 2.27. The van der Waals surface area contributed by atoms with Crippen LogP contribution in [-0.4, -0.2) is 55.0 Å². The molecule has 0 aliphatic carbocycles. The van der Waals surface area contributed by atoms with Crippen LogP contribution in [0.1, 0.15) is 46.0 Å². The van der Waals surface area contributed by atoms with E-state index in [9.17, 15) is 9.59 Å². The second-order valence-corrected chi connectivity index (χ2v) is 6.00. The fraction of sp³-hybridized carbons (Fsp3) is 0.867. The highest BCUT2D eigenvalue weighted by Crippen LogP contribution is 2.07. The average molecular weight is 298 g/mol. The molecule has 6 heteroatoms. The molecular weight excluding hydrogens is 268 g/mol. The minimum absolute atomic E-state index is 0.0887. The summed E-state index contributed by atoms with van der Waals surface area (Å²) in [5.74, 6) is -0.316. The summed E-state index contributed by atoms with van der Waals surface area (Å²) >= 11 is 0. The Kier molecular flexibility index (Phi) is 7.67. The highest BCUT2D eigenvalue weighted by molar-refractivity contribution is 5.89. The zero-order valence-corrected chi connectivity index (χ0v) is 13.5. The van der Waals surface area contributed by atoms with Crippen molar-refractivity contribution in [1.29, 1.82) is 0 Å². The summed E-state index contributed by atoms with van der Waals surface area (Å²) in [4.78, 5) is 26.5. The van der Waals surface area contributed by atoms with E-state index in [1.165, 1.54) is 0 Å². The first-order valence-electron chi connectivity index (χ1n) is 8.02. The van der Waals surface area contributed by atoms with Gasteiger partial charge in [0.1, 0.15) is 6.04 Å². The fourth-order valence-electron chi connectivity index (χ4n) is 2.63. The Morgan fingerprint density at radius 3 is 2.43 bits per heavy atom. The van der Waals surface area contributed by atoms with Crippen LogP contribution in [0.3, 0.4) is 0 Å². The topological polar surface area (TPSA) is 87.5 Å². The molecule has 122 valence electrons. The van der Waals surface area contributed by atoms with Gasteiger partial charge in [-0.25, -0.2) is 0 Å². The van der Waals surface area contributed by atoms with Gasteiger partial charge >= 0.3 is 0 Å². The van der Waals surface area contributed by atoms with Crippen LogP contribution < -0.4 is 16.4 Å². The Balaban J connectivity index is 2.51. The Morgan fingerprint density at radius 1 is 1.24 bits per heavy atom. The fourth-order valence-corrected chi connectivity index (χ4v) is 2.63. The van der Waals surface area contributed by atoms with Gasteiger partial charge in [-0.3, -0.25) is 9.59 Å². The molecule has 1 fully saturated rings. The van der Waals surface area contributed by atoms with E-state index < -0.39 is 12.1 Å². The molecule has 2 unspecified atom stereocenters. The van der Waals surface area contributed by atoms with E-state index >= 15 is 0 Å². The third-order valence-electron chi connectivity index (χ3n) is 3.88. The van der Waals surface area contributed by atoms with Crippen LogP contribution in [0.4, 0.5) is 0 Å². The zero-order valence-electron chi connectivity index (χ0n) is 13.5. The lowest BCUT2D eigenvalue weighted by Gasteiger charge is -2.22. The van der Waals surface area contributed by atoms with Gasteiger partial charge in [0.05, 0.1) is 6.04 Å². The molecule has 1 aliphatic rings. The first-order chi connectivity index (χ1) is 9.97. The molecule has 0 bridgehead atoms. The number of likely N-dealkylation sites (N-methyl/N-ethyl adjacent to an activating group) is 1. The first kappa shape index (κ1) is 17.9. The molecule has 1 aliphatic heterocycles. The van der Waals surface area contributed by atoms with E-state index in [4.69, 9.17) is 5.73 Å². The lowest BCUT2D eigenvalue weighted by molar-refractivity contribution is -0.130. The molecule has 21 heavy (non-hydrogen) atoms. The molecule has 0 aromatic heterocycles. The SMILES string of the molecule is CCCC(NC(=O)[C@@H](N)CCC)C(=O)NC1CCN(C)C1. The molecular formula is C15H30N4O2. The summed E-state index contributed by atoms with van der Waals surface area (Å²) in [6, 6.07) is -0.820. The molecule has 0 aromatic carbocycles. The lowest BCUT2D eigenvalue weighted by Crippen LogP contribution is -2.53. The normalized spacial score (nSPS) is 21.8. The van der Waals surface area contributed by atoms with Crippen molar-refractivity contribution in [3.8, 4) is 0 Å². The van der Waals surface area contributed by atoms with Crippen LogP contribution in [0.5, 0.6) is 0 Å². The zero-order chi connectivity index (χ0) is 15.8. The molecule has 0 spiro atoms. The van der Waals surface area contributed by atoms with Gasteiger partial charge in [-0.1, -0.05) is 26.7 Å². The van der Waals surface area contributed by atoms with E-state index in [0.717, 1.165) is 32.4 Å². The standard InChI is InChI=1S/C15H30N4O2/c1-4-6-12(16)14(20)18-13(7-5-2)15(21)17-11-8-9-19(3)10-11/h11-13H,4-10,16H2,1-3H3,(H,17,21)(H,18,20)/t11?,12-,13?/m0/s1. The number of amides is 2. The van der Waals surface area contributed by atoms with Crippen LogP contribution >= 0.6 is 0 Å². The largest absolute Gasteiger partial charge is 0.350 e. The Hall–Kier alpha value is -1.14. The first-order valence-corrected chi connectivity index (χ1v) is 8.02. The number of hydrogen-bond donors (Lipinski definition) is 3. The van der Waals surface area contributed by atoms with Crippen LogP contribution in [0.25, 0.3) is 0 Å². The summed E-state index contributed by atoms with van der Waals surface area (Å²) in [7, 11) is 2.04. The molecule has 1 rings (SSSR count). The van der Waals surface area contributed by atoms with Crippen molar-refractivity contribution in [3.63, 3.8) is 0 Å². The van der Waals surface area contributed by atoms with Crippen molar-refractivity contribution in [2.75, 3.05) is 20.1 Å². The molecule has 2 amide bonds. The predicted octanol–water partition coefficient (Wildman–Crippen LogP) is 0.219. The highest BCUT2D eigenvalue weighted by atomic mass is 16.2. The number of carbonyl (C=O) groups is 2. The number of nitrogens with one attached hydrogen (secondary N) is 2. The number of likely N-dealkylation sites (tertiary alicyclic amines) is 1. The monoisotopic (exact) mass is 298 g/mol. The molecule has 0 radical (unpaired) electrons. The maximum absolute atomic E-state index is 12.3. The van der Waals surface area contributed by atoms with E-state index in [1.807, 2.05) is 20.9 Å². The number of nitrogens with two attached hydrogens (primary N) is 1. The Bertz CT molecular complexity index is 349. The van der Waals surface area contributed by atoms with Crippen molar-refractivity contribution in [2.24, 2.45) is 5.73 Å². The number of rotatable bonds is 8. The van der Waals surface area contributed by atoms with Crippen molar-refractivity contribution in [1.82, 2.24) is 15.5 Å². The van der Waals surface area contributed by atoms with Crippen LogP contribution in [0.15, 0.2) is 0 Å². The van der Waals surface area contributed by atoms with Gasteiger partial charge in [0.15, 0.2) is 0 Å². The van der Waals surface area contributed by atoms with Gasteiger partial charge < -0.3 is 21.3 Å². The second kappa shape index (κ2) is 9.00. The van der Waals surface area contributed by atoms with E-state index in [1.54, 1.807) is 0 Å². The van der Waals surface area contributed by atoms with Gasteiger partial charge in [0.25, 0.3) is 0 Å². The van der Waals surface area contributed by atoms with Crippen molar-refractivity contribution >= 4 is 11.8 Å². The van der Waals surface area contributed by atoms with Gasteiger partial charge in [0, 0.05) is 12.6 Å². The summed E-state index contributed by atoms with van der Waals surface area (Å²) in [5.41, 5.74) is 5.80. The summed E-state index contributed by atoms with van der Waals surface area (Å²) < 4.78 is 0. The average Bonchev–Trinajstić information content (AvgIpc) is 2.83. The molecule has 3 atom stereocenters. The Labute approximate surface area is 127 Å². The maximum atomic E-state index is 12.3. The lowest BCUT2D eigenvalue weighted by atomic mass is 10.1. The van der Waals surface area contributed by atoms with Crippen molar-refractivity contribution in [3.05, 3.63) is 0 Å². The molecule has 0 saturated carbocycles. The quantitative estimate of drug-likeness (QED) is 0.598. The summed E-state index contributed by atoms with van der Waals surface area (Å²) in [6.07, 6.45) is 3.93. The van der Waals surface area contributed by atoms with Crippen LogP contribution in [-0.2, 0) is 9.59 Å². The summed E-state index contributed by atoms with van der Waals surface area (Å²) in [6.45, 7) is 5.85. The third kappa shape index (κ3) is 6.01. The Morgan fingerprint density at radius 2 is 1.90 bits per heavy atom. The molecule has 1 heterocycles. The van der Waals surface area contributed by atoms with Crippen LogP contribution in [0.2, 0.25) is 0 Å². The molecule has 0 aromatic rings. The maximum Gasteiger partial charge on any atom is 0.242 e. The smallest absolute Gasteiger partial charge is 0.242 e. The minimum Gasteiger partial charge on any atom is -0.350 e. The van der Waals surface area contributed by atoms with E-state index in [-0.39, 0.29) is 17.9 Å². The third-order valence-corrected chi connectivity index (χ3v) is 3.88.